The number of nitrogens with one attached hydrogen (secondary N) is 1. The first kappa shape index (κ1) is 18.4. The van der Waals surface area contributed by atoms with Crippen LogP contribution in [0.2, 0.25) is 0 Å². The van der Waals surface area contributed by atoms with Gasteiger partial charge in [-0.15, -0.1) is 0 Å². The van der Waals surface area contributed by atoms with E-state index >= 15 is 0 Å². The minimum absolute atomic E-state index is 0.111. The van der Waals surface area contributed by atoms with Gasteiger partial charge in [-0.25, -0.2) is 8.42 Å². The second kappa shape index (κ2) is 7.31. The number of nitro groups is 1. The summed E-state index contributed by atoms with van der Waals surface area (Å²) in [7, 11) is -3.69. The van der Waals surface area contributed by atoms with E-state index in [1.54, 1.807) is 0 Å². The van der Waals surface area contributed by atoms with E-state index in [2.05, 4.69) is 21.2 Å². The lowest BCUT2D eigenvalue weighted by molar-refractivity contribution is -0.386. The van der Waals surface area contributed by atoms with Gasteiger partial charge in [0.15, 0.2) is 9.84 Å². The van der Waals surface area contributed by atoms with Gasteiger partial charge in [0.25, 0.3) is 0 Å². The van der Waals surface area contributed by atoms with Crippen molar-refractivity contribution in [1.29, 1.82) is 0 Å². The number of hydrogen-bond acceptors (Lipinski definition) is 5. The van der Waals surface area contributed by atoms with Crippen molar-refractivity contribution < 1.29 is 13.3 Å². The van der Waals surface area contributed by atoms with Crippen LogP contribution in [0.5, 0.6) is 0 Å². The molecule has 0 aliphatic heterocycles. The van der Waals surface area contributed by atoms with E-state index < -0.39 is 20.4 Å². The first-order valence-electron chi connectivity index (χ1n) is 7.17. The number of sulfone groups is 1. The molecule has 0 heterocycles. The molecule has 0 saturated carbocycles. The van der Waals surface area contributed by atoms with E-state index in [9.17, 15) is 18.5 Å². The molecule has 2 aromatic rings. The van der Waals surface area contributed by atoms with E-state index in [1.165, 1.54) is 18.2 Å². The molecular weight excluding hydrogens is 396 g/mol. The summed E-state index contributed by atoms with van der Waals surface area (Å²) in [6.45, 7) is 1.89. The third-order valence-electron chi connectivity index (χ3n) is 3.44. The summed E-state index contributed by atoms with van der Waals surface area (Å²) in [5.74, 6) is 0. The van der Waals surface area contributed by atoms with Crippen molar-refractivity contribution in [3.63, 3.8) is 0 Å². The summed E-state index contributed by atoms with van der Waals surface area (Å²) >= 11 is 3.37. The molecule has 2 rings (SSSR count). The number of benzene rings is 2. The molecule has 0 amide bonds. The van der Waals surface area contributed by atoms with Crippen LogP contribution < -0.4 is 5.32 Å². The molecule has 2 aromatic carbocycles. The predicted molar refractivity (Wildman–Crippen MR) is 97.1 cm³/mol. The molecule has 0 radical (unpaired) electrons. The van der Waals surface area contributed by atoms with Crippen LogP contribution in [0.1, 0.15) is 12.5 Å². The zero-order valence-corrected chi connectivity index (χ0v) is 15.6. The Hall–Kier alpha value is -1.93. The highest BCUT2D eigenvalue weighted by Gasteiger charge is 2.26. The number of halogens is 1. The molecule has 0 fully saturated rings. The highest BCUT2D eigenvalue weighted by Crippen LogP contribution is 2.32. The molecule has 6 nitrogen and oxygen atoms in total. The second-order valence-electron chi connectivity index (χ2n) is 5.56. The molecule has 0 aliphatic carbocycles. The zero-order chi connectivity index (χ0) is 17.9. The van der Waals surface area contributed by atoms with Crippen LogP contribution in [0.15, 0.2) is 51.8 Å². The van der Waals surface area contributed by atoms with Crippen molar-refractivity contribution in [2.75, 3.05) is 11.6 Å². The molecule has 1 atom stereocenters. The maximum atomic E-state index is 11.8. The molecule has 128 valence electrons. The van der Waals surface area contributed by atoms with Gasteiger partial charge in [-0.3, -0.25) is 10.1 Å². The van der Waals surface area contributed by atoms with Crippen molar-refractivity contribution in [1.82, 2.24) is 0 Å². The van der Waals surface area contributed by atoms with Gasteiger partial charge in [0.1, 0.15) is 10.6 Å². The summed E-state index contributed by atoms with van der Waals surface area (Å²) in [5.41, 5.74) is 0.857. The van der Waals surface area contributed by atoms with Crippen molar-refractivity contribution in [2.24, 2.45) is 0 Å². The van der Waals surface area contributed by atoms with Gasteiger partial charge in [0.05, 0.1) is 4.92 Å². The molecule has 8 heteroatoms. The Morgan fingerprint density at radius 3 is 2.38 bits per heavy atom. The maximum absolute atomic E-state index is 11.8. The Bertz CT molecular complexity index is 851. The van der Waals surface area contributed by atoms with Crippen LogP contribution in [0.3, 0.4) is 0 Å². The van der Waals surface area contributed by atoms with Gasteiger partial charge in [0, 0.05) is 16.8 Å². The van der Waals surface area contributed by atoms with Crippen molar-refractivity contribution >= 4 is 37.1 Å². The summed E-state index contributed by atoms with van der Waals surface area (Å²) in [6, 6.07) is 11.9. The fraction of sp³-hybridized carbons (Fsp3) is 0.250. The topological polar surface area (TPSA) is 89.3 Å². The fourth-order valence-corrected chi connectivity index (χ4v) is 3.54. The van der Waals surface area contributed by atoms with E-state index in [0.717, 1.165) is 16.3 Å². The van der Waals surface area contributed by atoms with Gasteiger partial charge in [-0.05, 0) is 43.2 Å². The second-order valence-corrected chi connectivity index (χ2v) is 8.46. The Morgan fingerprint density at radius 2 is 1.83 bits per heavy atom. The molecule has 0 saturated heterocycles. The summed E-state index contributed by atoms with van der Waals surface area (Å²) in [5, 5.41) is 14.4. The zero-order valence-electron chi connectivity index (χ0n) is 13.2. The van der Waals surface area contributed by atoms with Crippen molar-refractivity contribution in [2.45, 2.75) is 24.3 Å². The normalized spacial score (nSPS) is 12.6. The molecule has 0 spiro atoms. The van der Waals surface area contributed by atoms with Gasteiger partial charge < -0.3 is 5.32 Å². The van der Waals surface area contributed by atoms with E-state index in [4.69, 9.17) is 0 Å². The number of nitro benzene ring substituents is 1. The van der Waals surface area contributed by atoms with Crippen LogP contribution in [0, 0.1) is 10.1 Å². The molecule has 0 aromatic heterocycles. The van der Waals surface area contributed by atoms with Gasteiger partial charge >= 0.3 is 5.69 Å². The minimum atomic E-state index is -3.69. The number of rotatable bonds is 6. The summed E-state index contributed by atoms with van der Waals surface area (Å²) < 4.78 is 24.5. The fourth-order valence-electron chi connectivity index (χ4n) is 2.42. The standard InChI is InChI=1S/C16H17BrN2O4S/c1-11(10-12-6-8-13(17)9-7-12)18-14-4-3-5-15(24(2,22)23)16(14)19(20)21/h3-9,11,18H,10H2,1-2H3. The van der Waals surface area contributed by atoms with E-state index in [0.29, 0.717) is 6.42 Å². The Kier molecular flexibility index (Phi) is 5.61. The highest BCUT2D eigenvalue weighted by atomic mass is 79.9. The average molecular weight is 413 g/mol. The van der Waals surface area contributed by atoms with Crippen molar-refractivity contribution in [3.05, 3.63) is 62.6 Å². The smallest absolute Gasteiger partial charge is 0.310 e. The molecule has 1 N–H and O–H groups in total. The molecule has 24 heavy (non-hydrogen) atoms. The number of hydrogen-bond donors (Lipinski definition) is 1. The first-order valence-corrected chi connectivity index (χ1v) is 9.85. The lowest BCUT2D eigenvalue weighted by atomic mass is 10.1. The molecule has 1 unspecified atom stereocenters. The number of nitrogens with zero attached hydrogens (tertiary/aromatic N) is 1. The van der Waals surface area contributed by atoms with Crippen LogP contribution in [0.4, 0.5) is 11.4 Å². The van der Waals surface area contributed by atoms with Gasteiger partial charge in [0.2, 0.25) is 0 Å². The molecular formula is C16H17BrN2O4S. The lowest BCUT2D eigenvalue weighted by Crippen LogP contribution is -2.19. The Balaban J connectivity index is 2.28. The quantitative estimate of drug-likeness (QED) is 0.575. The van der Waals surface area contributed by atoms with E-state index in [-0.39, 0.29) is 16.6 Å². The number of anilines is 1. The average Bonchev–Trinajstić information content (AvgIpc) is 2.48. The number of para-hydroxylation sites is 1. The first-order chi connectivity index (χ1) is 11.2. The van der Waals surface area contributed by atoms with Gasteiger partial charge in [-0.2, -0.15) is 0 Å². The van der Waals surface area contributed by atoms with Crippen molar-refractivity contribution in [3.8, 4) is 0 Å². The van der Waals surface area contributed by atoms with Crippen LogP contribution in [-0.4, -0.2) is 25.6 Å². The van der Waals surface area contributed by atoms with Gasteiger partial charge in [-0.1, -0.05) is 34.1 Å². The van der Waals surface area contributed by atoms with Crippen LogP contribution in [0.25, 0.3) is 0 Å². The predicted octanol–water partition coefficient (Wildman–Crippen LogP) is 3.80. The molecule has 0 aliphatic rings. The van der Waals surface area contributed by atoms with E-state index in [1.807, 2.05) is 31.2 Å². The SMILES string of the molecule is CC(Cc1ccc(Br)cc1)Nc1cccc(S(C)(=O)=O)c1[N+](=O)[O-]. The molecule has 0 bridgehead atoms. The monoisotopic (exact) mass is 412 g/mol. The van der Waals surface area contributed by atoms with Crippen LogP contribution in [-0.2, 0) is 16.3 Å². The maximum Gasteiger partial charge on any atom is 0.310 e. The summed E-state index contributed by atoms with van der Waals surface area (Å²) in [6.07, 6.45) is 1.61. The summed E-state index contributed by atoms with van der Waals surface area (Å²) in [4.78, 5) is 10.4. The minimum Gasteiger partial charge on any atom is -0.377 e. The third-order valence-corrected chi connectivity index (χ3v) is 5.10. The van der Waals surface area contributed by atoms with Crippen LogP contribution >= 0.6 is 15.9 Å². The highest BCUT2D eigenvalue weighted by molar-refractivity contribution is 9.10. The third kappa shape index (κ3) is 4.55. The lowest BCUT2D eigenvalue weighted by Gasteiger charge is -2.16. The largest absolute Gasteiger partial charge is 0.377 e. The Morgan fingerprint density at radius 1 is 1.21 bits per heavy atom. The Labute approximate surface area is 149 Å².